The van der Waals surface area contributed by atoms with Gasteiger partial charge in [-0.3, -0.25) is 4.79 Å². The van der Waals surface area contributed by atoms with Crippen LogP contribution in [0.2, 0.25) is 0 Å². The van der Waals surface area contributed by atoms with Crippen LogP contribution in [0.5, 0.6) is 0 Å². The first kappa shape index (κ1) is 16.6. The van der Waals surface area contributed by atoms with Gasteiger partial charge >= 0.3 is 0 Å². The van der Waals surface area contributed by atoms with Crippen LogP contribution >= 0.6 is 0 Å². The van der Waals surface area contributed by atoms with Crippen molar-refractivity contribution in [3.05, 3.63) is 46.3 Å². The normalized spacial score (nSPS) is 11.1. The number of carbonyl (C=O) groups is 1. The Morgan fingerprint density at radius 1 is 0.818 bits per heavy atom. The molecule has 0 spiro atoms. The van der Waals surface area contributed by atoms with Crippen LogP contribution in [0.1, 0.15) is 59.5 Å². The molecule has 0 aromatic carbocycles. The zero-order valence-corrected chi connectivity index (χ0v) is 14.1. The summed E-state index contributed by atoms with van der Waals surface area (Å²) in [6, 6.07) is 0. The first-order valence-corrected chi connectivity index (χ1v) is 8.08. The highest BCUT2D eigenvalue weighted by Gasteiger charge is 2.10. The van der Waals surface area contributed by atoms with Gasteiger partial charge in [-0.1, -0.05) is 0 Å². The molecule has 3 nitrogen and oxygen atoms in total. The minimum Gasteiger partial charge on any atom is -0.469 e. The average Bonchev–Trinajstić information content (AvgIpc) is 2.96. The van der Waals surface area contributed by atoms with Gasteiger partial charge in [-0.25, -0.2) is 0 Å². The van der Waals surface area contributed by atoms with E-state index in [1.807, 2.05) is 13.8 Å². The van der Waals surface area contributed by atoms with E-state index in [0.717, 1.165) is 37.2 Å². The maximum Gasteiger partial charge on any atom is 0.132 e. The fourth-order valence-corrected chi connectivity index (χ4v) is 2.99. The van der Waals surface area contributed by atoms with Gasteiger partial charge in [0.2, 0.25) is 0 Å². The second kappa shape index (κ2) is 7.48. The smallest absolute Gasteiger partial charge is 0.132 e. The third-order valence-electron chi connectivity index (χ3n) is 4.39. The molecule has 0 unspecified atom stereocenters. The molecule has 0 bridgehead atoms. The SMILES string of the molecule is Cc1coc(C)c1CCCC(=O)CCCc1c(C)coc1C. The van der Waals surface area contributed by atoms with Gasteiger partial charge in [-0.15, -0.1) is 0 Å². The van der Waals surface area contributed by atoms with Crippen molar-refractivity contribution in [1.29, 1.82) is 0 Å². The maximum absolute atomic E-state index is 12.0. The molecule has 2 rings (SSSR count). The van der Waals surface area contributed by atoms with Crippen molar-refractivity contribution in [2.75, 3.05) is 0 Å². The second-order valence-corrected chi connectivity index (χ2v) is 6.15. The Balaban J connectivity index is 1.68. The van der Waals surface area contributed by atoms with Crippen molar-refractivity contribution in [3.8, 4) is 0 Å². The Bertz CT molecular complexity index is 538. The van der Waals surface area contributed by atoms with Crippen LogP contribution in [0.3, 0.4) is 0 Å². The van der Waals surface area contributed by atoms with E-state index in [2.05, 4.69) is 13.8 Å². The molecule has 0 saturated heterocycles. The van der Waals surface area contributed by atoms with Crippen molar-refractivity contribution in [2.45, 2.75) is 66.2 Å². The number of ketones is 1. The summed E-state index contributed by atoms with van der Waals surface area (Å²) in [4.78, 5) is 12.0. The Kier molecular flexibility index (Phi) is 5.64. The maximum atomic E-state index is 12.0. The fraction of sp³-hybridized carbons (Fsp3) is 0.526. The number of carbonyl (C=O) groups excluding carboxylic acids is 1. The third kappa shape index (κ3) is 4.12. The van der Waals surface area contributed by atoms with Gasteiger partial charge in [-0.05, 0) is 75.6 Å². The molecule has 0 radical (unpaired) electrons. The second-order valence-electron chi connectivity index (χ2n) is 6.15. The third-order valence-corrected chi connectivity index (χ3v) is 4.39. The first-order chi connectivity index (χ1) is 10.5. The van der Waals surface area contributed by atoms with Crippen LogP contribution in [0.15, 0.2) is 21.4 Å². The molecule has 3 heteroatoms. The van der Waals surface area contributed by atoms with Gasteiger partial charge in [-0.2, -0.15) is 0 Å². The number of rotatable bonds is 8. The van der Waals surface area contributed by atoms with Gasteiger partial charge in [0.1, 0.15) is 17.3 Å². The molecule has 2 aromatic heterocycles. The molecule has 120 valence electrons. The highest BCUT2D eigenvalue weighted by molar-refractivity contribution is 5.78. The van der Waals surface area contributed by atoms with Crippen LogP contribution in [0, 0.1) is 27.7 Å². The average molecular weight is 302 g/mol. The lowest BCUT2D eigenvalue weighted by Gasteiger charge is -2.03. The van der Waals surface area contributed by atoms with Crippen LogP contribution in [0.4, 0.5) is 0 Å². The number of aryl methyl sites for hydroxylation is 4. The van der Waals surface area contributed by atoms with E-state index in [4.69, 9.17) is 8.83 Å². The van der Waals surface area contributed by atoms with Gasteiger partial charge in [0.05, 0.1) is 12.5 Å². The Morgan fingerprint density at radius 2 is 1.23 bits per heavy atom. The molecular formula is C19H26O3. The molecule has 0 aliphatic heterocycles. The molecular weight excluding hydrogens is 276 g/mol. The van der Waals surface area contributed by atoms with E-state index < -0.39 is 0 Å². The first-order valence-electron chi connectivity index (χ1n) is 8.08. The molecule has 2 heterocycles. The van der Waals surface area contributed by atoms with Crippen LogP contribution in [-0.2, 0) is 17.6 Å². The molecule has 0 fully saturated rings. The molecule has 0 amide bonds. The Labute approximate surface area is 132 Å². The van der Waals surface area contributed by atoms with Crippen LogP contribution in [-0.4, -0.2) is 5.78 Å². The largest absolute Gasteiger partial charge is 0.469 e. The number of hydrogen-bond donors (Lipinski definition) is 0. The van der Waals surface area contributed by atoms with E-state index in [1.165, 1.54) is 22.3 Å². The lowest BCUT2D eigenvalue weighted by molar-refractivity contribution is -0.119. The Morgan fingerprint density at radius 3 is 1.55 bits per heavy atom. The monoisotopic (exact) mass is 302 g/mol. The lowest BCUT2D eigenvalue weighted by Crippen LogP contribution is -2.01. The summed E-state index contributed by atoms with van der Waals surface area (Å²) in [6.45, 7) is 8.09. The highest BCUT2D eigenvalue weighted by atomic mass is 16.3. The van der Waals surface area contributed by atoms with E-state index in [-0.39, 0.29) is 0 Å². The summed E-state index contributed by atoms with van der Waals surface area (Å²) in [7, 11) is 0. The minimum atomic E-state index is 0.359. The zero-order valence-electron chi connectivity index (χ0n) is 14.1. The lowest BCUT2D eigenvalue weighted by atomic mass is 10.00. The molecule has 2 aromatic rings. The van der Waals surface area contributed by atoms with Crippen LogP contribution in [0.25, 0.3) is 0 Å². The highest BCUT2D eigenvalue weighted by Crippen LogP contribution is 2.20. The van der Waals surface area contributed by atoms with E-state index in [1.54, 1.807) is 12.5 Å². The topological polar surface area (TPSA) is 43.4 Å². The molecule has 0 N–H and O–H groups in total. The van der Waals surface area contributed by atoms with Gasteiger partial charge in [0, 0.05) is 12.8 Å². The van der Waals surface area contributed by atoms with E-state index >= 15 is 0 Å². The minimum absolute atomic E-state index is 0.359. The van der Waals surface area contributed by atoms with Crippen molar-refractivity contribution in [3.63, 3.8) is 0 Å². The van der Waals surface area contributed by atoms with Gasteiger partial charge in [0.25, 0.3) is 0 Å². The summed E-state index contributed by atoms with van der Waals surface area (Å²) in [5.41, 5.74) is 4.90. The van der Waals surface area contributed by atoms with Gasteiger partial charge in [0.15, 0.2) is 0 Å². The summed E-state index contributed by atoms with van der Waals surface area (Å²) < 4.78 is 10.8. The fourth-order valence-electron chi connectivity index (χ4n) is 2.99. The van der Waals surface area contributed by atoms with E-state index in [9.17, 15) is 4.79 Å². The summed E-state index contributed by atoms with van der Waals surface area (Å²) in [5, 5.41) is 0. The summed E-state index contributed by atoms with van der Waals surface area (Å²) in [5.74, 6) is 2.32. The standard InChI is InChI=1S/C19H26O3/c1-13-11-21-15(3)18(13)9-5-7-17(20)8-6-10-19-14(2)12-22-16(19)4/h11-12H,5-10H2,1-4H3. The van der Waals surface area contributed by atoms with E-state index in [0.29, 0.717) is 18.6 Å². The molecule has 0 aliphatic rings. The zero-order chi connectivity index (χ0) is 16.1. The molecule has 0 aliphatic carbocycles. The Hall–Kier alpha value is -1.77. The molecule has 0 saturated carbocycles. The molecule has 0 atom stereocenters. The van der Waals surface area contributed by atoms with Crippen molar-refractivity contribution in [2.24, 2.45) is 0 Å². The van der Waals surface area contributed by atoms with Crippen LogP contribution < -0.4 is 0 Å². The quantitative estimate of drug-likeness (QED) is 0.687. The number of furan rings is 2. The number of Topliss-reactive ketones (excluding diaryl/α,β-unsaturated/α-hetero) is 1. The summed E-state index contributed by atoms with van der Waals surface area (Å²) >= 11 is 0. The predicted molar refractivity (Wildman–Crippen MR) is 87.2 cm³/mol. The summed E-state index contributed by atoms with van der Waals surface area (Å²) in [6.07, 6.45) is 8.58. The van der Waals surface area contributed by atoms with Crippen molar-refractivity contribution in [1.82, 2.24) is 0 Å². The molecule has 22 heavy (non-hydrogen) atoms. The van der Waals surface area contributed by atoms with Crippen molar-refractivity contribution < 1.29 is 13.6 Å². The van der Waals surface area contributed by atoms with Crippen molar-refractivity contribution >= 4 is 5.78 Å². The van der Waals surface area contributed by atoms with Gasteiger partial charge < -0.3 is 8.83 Å². The predicted octanol–water partition coefficient (Wildman–Crippen LogP) is 5.02. The number of hydrogen-bond acceptors (Lipinski definition) is 3.